The fourth-order valence-electron chi connectivity index (χ4n) is 2.31. The van der Waals surface area contributed by atoms with Crippen molar-refractivity contribution in [1.29, 1.82) is 0 Å². The van der Waals surface area contributed by atoms with Crippen molar-refractivity contribution in [3.63, 3.8) is 0 Å². The Morgan fingerprint density at radius 1 is 1.50 bits per heavy atom. The second kappa shape index (κ2) is 6.55. The van der Waals surface area contributed by atoms with E-state index < -0.39 is 0 Å². The van der Waals surface area contributed by atoms with Crippen LogP contribution in [0.25, 0.3) is 0 Å². The van der Waals surface area contributed by atoms with E-state index in [4.69, 9.17) is 0 Å². The molecule has 1 N–H and O–H groups in total. The fraction of sp³-hybridized carbons (Fsp3) is 0.571. The molecule has 100 valence electrons. The summed E-state index contributed by atoms with van der Waals surface area (Å²) >= 11 is 1.56. The molecule has 1 aliphatic rings. The number of aliphatic hydroxyl groups excluding tert-OH is 1. The molecular weight excluding hydrogens is 249 g/mol. The van der Waals surface area contributed by atoms with E-state index in [-0.39, 0.29) is 11.9 Å². The van der Waals surface area contributed by atoms with Crippen molar-refractivity contribution in [3.8, 4) is 0 Å². The number of rotatable bonds is 5. The smallest absolute Gasteiger partial charge is 0.136 e. The van der Waals surface area contributed by atoms with Crippen molar-refractivity contribution in [2.24, 2.45) is 5.92 Å². The van der Waals surface area contributed by atoms with Gasteiger partial charge in [0.05, 0.1) is 6.10 Å². The number of nitrogens with zero attached hydrogens (tertiary/aromatic N) is 1. The van der Waals surface area contributed by atoms with E-state index in [9.17, 15) is 9.50 Å². The minimum Gasteiger partial charge on any atom is -0.393 e. The van der Waals surface area contributed by atoms with Crippen LogP contribution in [0.4, 0.5) is 4.39 Å². The van der Waals surface area contributed by atoms with Crippen LogP contribution in [0.1, 0.15) is 13.3 Å². The van der Waals surface area contributed by atoms with E-state index >= 15 is 0 Å². The molecule has 1 heterocycles. The van der Waals surface area contributed by atoms with Crippen molar-refractivity contribution in [2.75, 3.05) is 25.4 Å². The van der Waals surface area contributed by atoms with Gasteiger partial charge in [-0.3, -0.25) is 0 Å². The summed E-state index contributed by atoms with van der Waals surface area (Å²) in [4.78, 5) is 3.08. The lowest BCUT2D eigenvalue weighted by molar-refractivity contribution is 0.128. The zero-order valence-corrected chi connectivity index (χ0v) is 11.5. The van der Waals surface area contributed by atoms with Crippen LogP contribution in [0.2, 0.25) is 0 Å². The summed E-state index contributed by atoms with van der Waals surface area (Å²) in [5.41, 5.74) is 0. The first-order valence-electron chi connectivity index (χ1n) is 6.44. The molecule has 1 aliphatic heterocycles. The number of aliphatic hydroxyl groups is 1. The number of thioether (sulfide) groups is 1. The molecule has 0 aromatic heterocycles. The van der Waals surface area contributed by atoms with Crippen molar-refractivity contribution in [1.82, 2.24) is 4.90 Å². The molecule has 4 heteroatoms. The van der Waals surface area contributed by atoms with Crippen LogP contribution in [-0.2, 0) is 0 Å². The molecule has 1 fully saturated rings. The average Bonchev–Trinajstić information content (AvgIpc) is 2.80. The third-order valence-corrected chi connectivity index (χ3v) is 4.52. The van der Waals surface area contributed by atoms with Crippen LogP contribution in [0.15, 0.2) is 29.2 Å². The second-order valence-corrected chi connectivity index (χ2v) is 6.01. The molecule has 1 saturated heterocycles. The summed E-state index contributed by atoms with van der Waals surface area (Å²) in [5.74, 6) is 1.17. The molecule has 18 heavy (non-hydrogen) atoms. The summed E-state index contributed by atoms with van der Waals surface area (Å²) in [7, 11) is 0. The molecule has 0 spiro atoms. The van der Waals surface area contributed by atoms with Gasteiger partial charge in [0.25, 0.3) is 0 Å². The quantitative estimate of drug-likeness (QED) is 0.831. The number of hydrogen-bond donors (Lipinski definition) is 1. The van der Waals surface area contributed by atoms with E-state index in [0.29, 0.717) is 5.92 Å². The summed E-state index contributed by atoms with van der Waals surface area (Å²) in [6.07, 6.45) is 0.858. The zero-order chi connectivity index (χ0) is 13.0. The highest BCUT2D eigenvalue weighted by Crippen LogP contribution is 2.23. The molecule has 0 amide bonds. The van der Waals surface area contributed by atoms with E-state index in [0.717, 1.165) is 36.7 Å². The van der Waals surface area contributed by atoms with Gasteiger partial charge in [0.2, 0.25) is 0 Å². The molecule has 2 rings (SSSR count). The summed E-state index contributed by atoms with van der Waals surface area (Å²) in [6, 6.07) is 6.90. The first kappa shape index (κ1) is 13.8. The highest BCUT2D eigenvalue weighted by Gasteiger charge is 2.25. The summed E-state index contributed by atoms with van der Waals surface area (Å²) in [6.45, 7) is 4.84. The van der Waals surface area contributed by atoms with E-state index in [1.165, 1.54) is 6.07 Å². The van der Waals surface area contributed by atoms with Crippen molar-refractivity contribution >= 4 is 11.8 Å². The Morgan fingerprint density at radius 3 is 2.94 bits per heavy atom. The van der Waals surface area contributed by atoms with Gasteiger partial charge in [-0.25, -0.2) is 4.39 Å². The van der Waals surface area contributed by atoms with Crippen molar-refractivity contribution in [3.05, 3.63) is 30.1 Å². The maximum atomic E-state index is 13.4. The maximum absolute atomic E-state index is 13.4. The third-order valence-electron chi connectivity index (χ3n) is 3.49. The highest BCUT2D eigenvalue weighted by molar-refractivity contribution is 7.99. The molecule has 0 bridgehead atoms. The third kappa shape index (κ3) is 3.70. The highest BCUT2D eigenvalue weighted by atomic mass is 32.2. The Kier molecular flexibility index (Phi) is 5.03. The van der Waals surface area contributed by atoms with Crippen LogP contribution >= 0.6 is 11.8 Å². The molecule has 2 atom stereocenters. The predicted octanol–water partition coefficient (Wildman–Crippen LogP) is 2.62. The Balaban J connectivity index is 1.72. The number of likely N-dealkylation sites (tertiary alicyclic amines) is 1. The van der Waals surface area contributed by atoms with E-state index in [1.54, 1.807) is 17.8 Å². The van der Waals surface area contributed by atoms with Gasteiger partial charge < -0.3 is 10.0 Å². The standard InChI is InChI=1S/C14H20FNOS/c1-11(17)12-6-7-16(10-12)8-9-18-14-5-3-2-4-13(14)15/h2-5,11-12,17H,6-10H2,1H3. The van der Waals surface area contributed by atoms with Crippen LogP contribution in [0, 0.1) is 11.7 Å². The molecular formula is C14H20FNOS. The first-order chi connectivity index (χ1) is 8.66. The minimum atomic E-state index is -0.214. The van der Waals surface area contributed by atoms with Gasteiger partial charge in [-0.2, -0.15) is 0 Å². The molecule has 0 saturated carbocycles. The Bertz CT molecular complexity index is 386. The molecule has 1 aromatic carbocycles. The number of hydrogen-bond acceptors (Lipinski definition) is 3. The SMILES string of the molecule is CC(O)C1CCN(CCSc2ccccc2F)C1. The Labute approximate surface area is 112 Å². The van der Waals surface area contributed by atoms with Gasteiger partial charge in [-0.1, -0.05) is 12.1 Å². The summed E-state index contributed by atoms with van der Waals surface area (Å²) < 4.78 is 13.4. The molecule has 0 aliphatic carbocycles. The lowest BCUT2D eigenvalue weighted by Gasteiger charge is -2.17. The maximum Gasteiger partial charge on any atom is 0.136 e. The van der Waals surface area contributed by atoms with Crippen LogP contribution in [0.5, 0.6) is 0 Å². The average molecular weight is 269 g/mol. The van der Waals surface area contributed by atoms with Gasteiger partial charge >= 0.3 is 0 Å². The molecule has 0 radical (unpaired) electrons. The number of halogens is 1. The van der Waals surface area contributed by atoms with Gasteiger partial charge in [0.1, 0.15) is 5.82 Å². The lowest BCUT2D eigenvalue weighted by atomic mass is 10.0. The van der Waals surface area contributed by atoms with Crippen molar-refractivity contribution < 1.29 is 9.50 Å². The van der Waals surface area contributed by atoms with Crippen molar-refractivity contribution in [2.45, 2.75) is 24.3 Å². The largest absolute Gasteiger partial charge is 0.393 e. The Hall–Kier alpha value is -0.580. The van der Waals surface area contributed by atoms with E-state index in [1.807, 2.05) is 19.1 Å². The van der Waals surface area contributed by atoms with Crippen LogP contribution < -0.4 is 0 Å². The lowest BCUT2D eigenvalue weighted by Crippen LogP contribution is -2.26. The molecule has 1 aromatic rings. The van der Waals surface area contributed by atoms with Crippen LogP contribution in [-0.4, -0.2) is 41.5 Å². The van der Waals surface area contributed by atoms with E-state index in [2.05, 4.69) is 4.90 Å². The number of benzene rings is 1. The van der Waals surface area contributed by atoms with Gasteiger partial charge in [-0.15, -0.1) is 11.8 Å². The van der Waals surface area contributed by atoms with Crippen LogP contribution in [0.3, 0.4) is 0 Å². The molecule has 2 unspecified atom stereocenters. The first-order valence-corrected chi connectivity index (χ1v) is 7.43. The topological polar surface area (TPSA) is 23.5 Å². The van der Waals surface area contributed by atoms with Gasteiger partial charge in [0.15, 0.2) is 0 Å². The Morgan fingerprint density at radius 2 is 2.28 bits per heavy atom. The van der Waals surface area contributed by atoms with Gasteiger partial charge in [-0.05, 0) is 37.9 Å². The molecule has 2 nitrogen and oxygen atoms in total. The monoisotopic (exact) mass is 269 g/mol. The van der Waals surface area contributed by atoms with Gasteiger partial charge in [0, 0.05) is 23.7 Å². The predicted molar refractivity (Wildman–Crippen MR) is 73.4 cm³/mol. The normalized spacial score (nSPS) is 22.3. The minimum absolute atomic E-state index is 0.134. The fourth-order valence-corrected chi connectivity index (χ4v) is 3.26. The second-order valence-electron chi connectivity index (χ2n) is 4.87. The summed E-state index contributed by atoms with van der Waals surface area (Å²) in [5, 5.41) is 9.53. The zero-order valence-electron chi connectivity index (χ0n) is 10.7.